The third-order valence-electron chi connectivity index (χ3n) is 4.41. The Morgan fingerprint density at radius 2 is 1.83 bits per heavy atom. The van der Waals surface area contributed by atoms with Crippen LogP contribution in [0.1, 0.15) is 29.8 Å². The zero-order chi connectivity index (χ0) is 20.9. The van der Waals surface area contributed by atoms with E-state index in [9.17, 15) is 4.79 Å². The lowest BCUT2D eigenvalue weighted by Crippen LogP contribution is -2.23. The first-order valence-electron chi connectivity index (χ1n) is 9.10. The Bertz CT molecular complexity index is 1050. The summed E-state index contributed by atoms with van der Waals surface area (Å²) in [6.45, 7) is 3.75. The van der Waals surface area contributed by atoms with Gasteiger partial charge >= 0.3 is 0 Å². The van der Waals surface area contributed by atoms with Crippen LogP contribution in [0.25, 0.3) is 11.1 Å². The molecule has 0 unspecified atom stereocenters. The summed E-state index contributed by atoms with van der Waals surface area (Å²) in [5, 5.41) is 0. The molecule has 1 aromatic heterocycles. The molecular formula is C24H21ClN2O2. The summed E-state index contributed by atoms with van der Waals surface area (Å²) in [6, 6.07) is 18.8. The summed E-state index contributed by atoms with van der Waals surface area (Å²) in [4.78, 5) is 17.0. The number of methoxy groups -OCH3 is 1. The average Bonchev–Trinajstić information content (AvgIpc) is 2.77. The first-order valence-corrected chi connectivity index (χ1v) is 9.44. The van der Waals surface area contributed by atoms with Gasteiger partial charge in [-0.25, -0.2) is 4.42 Å². The Kier molecular flexibility index (Phi) is 6.33. The highest BCUT2D eigenvalue weighted by molar-refractivity contribution is 6.40. The minimum atomic E-state index is -0.634. The number of rotatable bonds is 4. The molecular weight excluding hydrogens is 384 g/mol. The van der Waals surface area contributed by atoms with E-state index in [1.807, 2.05) is 62.4 Å². The second-order valence-corrected chi connectivity index (χ2v) is 7.20. The van der Waals surface area contributed by atoms with Crippen molar-refractivity contribution >= 4 is 23.4 Å². The van der Waals surface area contributed by atoms with E-state index in [4.69, 9.17) is 16.5 Å². The van der Waals surface area contributed by atoms with Crippen LogP contribution in [0.5, 0.6) is 0 Å². The Hall–Kier alpha value is -3.13. The summed E-state index contributed by atoms with van der Waals surface area (Å²) >= 11 is 6.59. The van der Waals surface area contributed by atoms with Gasteiger partial charge in [0.25, 0.3) is 5.91 Å². The molecule has 2 aromatic carbocycles. The van der Waals surface area contributed by atoms with Gasteiger partial charge in [0.1, 0.15) is 5.60 Å². The normalized spacial score (nSPS) is 10.8. The summed E-state index contributed by atoms with van der Waals surface area (Å²) in [5.74, 6) is 5.85. The highest BCUT2D eigenvalue weighted by Crippen LogP contribution is 2.36. The molecule has 0 atom stereocenters. The van der Waals surface area contributed by atoms with Crippen molar-refractivity contribution in [3.8, 4) is 23.0 Å². The molecule has 0 aliphatic heterocycles. The van der Waals surface area contributed by atoms with E-state index < -0.39 is 5.60 Å². The van der Waals surface area contributed by atoms with E-state index in [1.165, 1.54) is 6.20 Å². The smallest absolute Gasteiger partial charge is 0.274 e. The summed E-state index contributed by atoms with van der Waals surface area (Å²) in [7, 11) is 1.61. The molecule has 146 valence electrons. The predicted octanol–water partition coefficient (Wildman–Crippen LogP) is 5.33. The van der Waals surface area contributed by atoms with Crippen molar-refractivity contribution in [2.45, 2.75) is 19.4 Å². The van der Waals surface area contributed by atoms with Crippen molar-refractivity contribution in [2.24, 2.45) is 0 Å². The Morgan fingerprint density at radius 3 is 2.48 bits per heavy atom. The monoisotopic (exact) mass is 404 g/mol. The van der Waals surface area contributed by atoms with E-state index >= 15 is 0 Å². The molecule has 0 fully saturated rings. The minimum Gasteiger partial charge on any atom is -0.366 e. The Labute approximate surface area is 176 Å². The van der Waals surface area contributed by atoms with Gasteiger partial charge < -0.3 is 4.74 Å². The first kappa shape index (κ1) is 20.6. The molecule has 0 aliphatic rings. The molecule has 1 heterocycles. The van der Waals surface area contributed by atoms with Crippen LogP contribution in [0.4, 0.5) is 5.69 Å². The number of anilines is 1. The molecule has 4 nitrogen and oxygen atoms in total. The largest absolute Gasteiger partial charge is 0.366 e. The zero-order valence-corrected chi connectivity index (χ0v) is 17.3. The second kappa shape index (κ2) is 8.91. The van der Waals surface area contributed by atoms with Crippen molar-refractivity contribution in [3.05, 3.63) is 84.2 Å². The van der Waals surface area contributed by atoms with Crippen LogP contribution in [0.2, 0.25) is 0 Å². The van der Waals surface area contributed by atoms with Crippen LogP contribution in [0.15, 0.2) is 73.1 Å². The lowest BCUT2D eigenvalue weighted by Gasteiger charge is -2.20. The van der Waals surface area contributed by atoms with Crippen molar-refractivity contribution in [1.29, 1.82) is 0 Å². The van der Waals surface area contributed by atoms with Gasteiger partial charge in [-0.05, 0) is 37.6 Å². The van der Waals surface area contributed by atoms with Gasteiger partial charge in [-0.1, -0.05) is 54.3 Å². The van der Waals surface area contributed by atoms with Crippen LogP contribution in [0, 0.1) is 11.8 Å². The second-order valence-electron chi connectivity index (χ2n) is 6.86. The van der Waals surface area contributed by atoms with Gasteiger partial charge in [0.15, 0.2) is 0 Å². The molecule has 0 radical (unpaired) electrons. The maximum absolute atomic E-state index is 13.0. The van der Waals surface area contributed by atoms with Crippen LogP contribution in [-0.4, -0.2) is 23.6 Å². The number of para-hydroxylation sites is 1. The number of halogens is 1. The van der Waals surface area contributed by atoms with E-state index in [2.05, 4.69) is 16.8 Å². The van der Waals surface area contributed by atoms with E-state index in [0.29, 0.717) is 16.8 Å². The maximum Gasteiger partial charge on any atom is 0.274 e. The standard InChI is InChI=1S/C24H21ClN2O2/c1-24(2,29-3)15-14-19-11-7-13-21(18-9-5-4-6-10-18)22(19)27(25)23(28)20-12-8-16-26-17-20/h4-13,16-17H,1-3H3. The molecule has 0 spiro atoms. The van der Waals surface area contributed by atoms with Gasteiger partial charge in [0, 0.05) is 36.8 Å². The Balaban J connectivity index is 2.17. The highest BCUT2D eigenvalue weighted by Gasteiger charge is 2.23. The molecule has 0 saturated heterocycles. The van der Waals surface area contributed by atoms with Crippen molar-refractivity contribution in [2.75, 3.05) is 11.5 Å². The fourth-order valence-electron chi connectivity index (χ4n) is 2.68. The van der Waals surface area contributed by atoms with E-state index in [0.717, 1.165) is 15.5 Å². The molecule has 3 aromatic rings. The number of hydrogen-bond donors (Lipinski definition) is 0. The molecule has 3 rings (SSSR count). The summed E-state index contributed by atoms with van der Waals surface area (Å²) in [6.07, 6.45) is 3.10. The number of aromatic nitrogens is 1. The van der Waals surface area contributed by atoms with Gasteiger partial charge in [-0.15, -0.1) is 0 Å². The lowest BCUT2D eigenvalue weighted by molar-refractivity contribution is 0.0741. The lowest BCUT2D eigenvalue weighted by atomic mass is 9.99. The van der Waals surface area contributed by atoms with Gasteiger partial charge in [0.2, 0.25) is 0 Å². The number of benzene rings is 2. The number of hydrogen-bond acceptors (Lipinski definition) is 3. The van der Waals surface area contributed by atoms with Crippen molar-refractivity contribution in [3.63, 3.8) is 0 Å². The molecule has 29 heavy (non-hydrogen) atoms. The molecule has 0 bridgehead atoms. The molecule has 0 aliphatic carbocycles. The van der Waals surface area contributed by atoms with E-state index in [-0.39, 0.29) is 5.91 Å². The van der Waals surface area contributed by atoms with Crippen molar-refractivity contribution < 1.29 is 9.53 Å². The third-order valence-corrected chi connectivity index (χ3v) is 4.73. The van der Waals surface area contributed by atoms with Crippen LogP contribution in [-0.2, 0) is 4.74 Å². The van der Waals surface area contributed by atoms with Crippen molar-refractivity contribution in [1.82, 2.24) is 4.98 Å². The minimum absolute atomic E-state index is 0.378. The highest BCUT2D eigenvalue weighted by atomic mass is 35.5. The van der Waals surface area contributed by atoms with Gasteiger partial charge in [0.05, 0.1) is 16.8 Å². The number of ether oxygens (including phenoxy) is 1. The number of nitrogens with zero attached hydrogens (tertiary/aromatic N) is 2. The number of pyridine rings is 1. The topological polar surface area (TPSA) is 42.4 Å². The summed E-state index contributed by atoms with van der Waals surface area (Å²) in [5.41, 5.74) is 2.64. The maximum atomic E-state index is 13.0. The van der Waals surface area contributed by atoms with E-state index in [1.54, 1.807) is 25.4 Å². The van der Waals surface area contributed by atoms with Gasteiger partial charge in [-0.2, -0.15) is 0 Å². The fourth-order valence-corrected chi connectivity index (χ4v) is 2.96. The Morgan fingerprint density at radius 1 is 1.07 bits per heavy atom. The van der Waals surface area contributed by atoms with Gasteiger partial charge in [-0.3, -0.25) is 9.78 Å². The molecule has 5 heteroatoms. The van der Waals surface area contributed by atoms with Crippen LogP contribution in [0.3, 0.4) is 0 Å². The zero-order valence-electron chi connectivity index (χ0n) is 16.5. The summed E-state index contributed by atoms with van der Waals surface area (Å²) < 4.78 is 6.51. The van der Waals surface area contributed by atoms with Crippen LogP contribution < -0.4 is 4.42 Å². The number of carbonyl (C=O) groups excluding carboxylic acids is 1. The predicted molar refractivity (Wildman–Crippen MR) is 117 cm³/mol. The molecule has 0 saturated carbocycles. The first-order chi connectivity index (χ1) is 13.9. The number of amides is 1. The average molecular weight is 405 g/mol. The third kappa shape index (κ3) is 4.83. The van der Waals surface area contributed by atoms with Crippen LogP contribution >= 0.6 is 11.8 Å². The SMILES string of the molecule is COC(C)(C)C#Cc1cccc(-c2ccccc2)c1N(Cl)C(=O)c1cccnc1. The number of carbonyl (C=O) groups is 1. The fraction of sp³-hybridized carbons (Fsp3) is 0.167. The molecule has 1 amide bonds. The molecule has 0 N–H and O–H groups in total. The quantitative estimate of drug-likeness (QED) is 0.436.